The molecule has 0 atom stereocenters. The van der Waals surface area contributed by atoms with Gasteiger partial charge in [-0.3, -0.25) is 0 Å². The molecule has 0 heterocycles. The van der Waals surface area contributed by atoms with Gasteiger partial charge in [0.05, 0.1) is 0 Å². The van der Waals surface area contributed by atoms with Gasteiger partial charge in [-0.25, -0.2) is 0 Å². The summed E-state index contributed by atoms with van der Waals surface area (Å²) in [5, 5.41) is 0. The summed E-state index contributed by atoms with van der Waals surface area (Å²) in [7, 11) is 2.10. The van der Waals surface area contributed by atoms with E-state index < -0.39 is 0 Å². The molecule has 0 aliphatic heterocycles. The highest BCUT2D eigenvalue weighted by Gasteiger charge is 2.00. The van der Waals surface area contributed by atoms with E-state index >= 15 is 0 Å². The van der Waals surface area contributed by atoms with Gasteiger partial charge in [-0.2, -0.15) is 0 Å². The van der Waals surface area contributed by atoms with Crippen LogP contribution in [0.15, 0.2) is 12.3 Å². The number of allylic oxidation sites excluding steroid dienone is 1. The molecule has 0 aromatic rings. The summed E-state index contributed by atoms with van der Waals surface area (Å²) in [6, 6.07) is 0. The van der Waals surface area contributed by atoms with Gasteiger partial charge < -0.3 is 4.90 Å². The average Bonchev–Trinajstić information content (AvgIpc) is 1.85. The second kappa shape index (κ2) is 4.37. The van der Waals surface area contributed by atoms with Crippen LogP contribution in [-0.2, 0) is 0 Å². The van der Waals surface area contributed by atoms with Crippen molar-refractivity contribution in [2.75, 3.05) is 13.6 Å². The Bertz CT molecular complexity index is 105. The largest absolute Gasteiger partial charge is 0.378 e. The minimum Gasteiger partial charge on any atom is -0.378 e. The van der Waals surface area contributed by atoms with Crippen LogP contribution in [0.4, 0.5) is 0 Å². The molecule has 1 heteroatoms. The average molecular weight is 141 g/mol. The van der Waals surface area contributed by atoms with Crippen molar-refractivity contribution in [3.05, 3.63) is 12.3 Å². The zero-order valence-corrected chi connectivity index (χ0v) is 7.65. The van der Waals surface area contributed by atoms with Crippen LogP contribution in [0.1, 0.15) is 27.2 Å². The van der Waals surface area contributed by atoms with Crippen molar-refractivity contribution in [1.29, 1.82) is 0 Å². The van der Waals surface area contributed by atoms with E-state index in [0.29, 0.717) is 0 Å². The van der Waals surface area contributed by atoms with Gasteiger partial charge in [0.25, 0.3) is 0 Å². The highest BCUT2D eigenvalue weighted by atomic mass is 15.1. The monoisotopic (exact) mass is 141 g/mol. The first-order valence-corrected chi connectivity index (χ1v) is 3.96. The lowest BCUT2D eigenvalue weighted by Gasteiger charge is -2.22. The lowest BCUT2D eigenvalue weighted by molar-refractivity contribution is 0.354. The zero-order valence-electron chi connectivity index (χ0n) is 7.65. The van der Waals surface area contributed by atoms with Gasteiger partial charge in [-0.05, 0) is 12.3 Å². The van der Waals surface area contributed by atoms with Crippen LogP contribution in [0.5, 0.6) is 0 Å². The molecule has 0 amide bonds. The van der Waals surface area contributed by atoms with Crippen LogP contribution < -0.4 is 0 Å². The topological polar surface area (TPSA) is 3.24 Å². The highest BCUT2D eigenvalue weighted by molar-refractivity contribution is 4.90. The van der Waals surface area contributed by atoms with E-state index in [9.17, 15) is 0 Å². The number of hydrogen-bond donors (Lipinski definition) is 0. The lowest BCUT2D eigenvalue weighted by Crippen LogP contribution is -2.21. The Morgan fingerprint density at radius 3 is 2.30 bits per heavy atom. The molecular formula is C9H19N. The molecule has 0 saturated heterocycles. The first-order chi connectivity index (χ1) is 4.57. The SMILES string of the molecule is C=C(CC)N(C)CC(C)C. The van der Waals surface area contributed by atoms with Gasteiger partial charge in [0.15, 0.2) is 0 Å². The van der Waals surface area contributed by atoms with Gasteiger partial charge in [0.2, 0.25) is 0 Å². The van der Waals surface area contributed by atoms with E-state index in [2.05, 4.69) is 39.3 Å². The van der Waals surface area contributed by atoms with Crippen LogP contribution in [0.2, 0.25) is 0 Å². The van der Waals surface area contributed by atoms with E-state index in [4.69, 9.17) is 0 Å². The molecule has 0 unspecified atom stereocenters. The van der Waals surface area contributed by atoms with E-state index in [1.165, 1.54) is 5.70 Å². The summed E-state index contributed by atoms with van der Waals surface area (Å²) in [4.78, 5) is 2.23. The number of rotatable bonds is 4. The van der Waals surface area contributed by atoms with Crippen molar-refractivity contribution >= 4 is 0 Å². The van der Waals surface area contributed by atoms with Gasteiger partial charge in [-0.15, -0.1) is 0 Å². The number of hydrogen-bond acceptors (Lipinski definition) is 1. The first kappa shape index (κ1) is 9.54. The van der Waals surface area contributed by atoms with Crippen molar-refractivity contribution < 1.29 is 0 Å². The quantitative estimate of drug-likeness (QED) is 0.581. The molecule has 0 aliphatic carbocycles. The van der Waals surface area contributed by atoms with Crippen LogP contribution in [0.3, 0.4) is 0 Å². The predicted molar refractivity (Wildman–Crippen MR) is 46.9 cm³/mol. The van der Waals surface area contributed by atoms with Crippen LogP contribution in [0.25, 0.3) is 0 Å². The molecule has 10 heavy (non-hydrogen) atoms. The molecule has 0 N–H and O–H groups in total. The molecule has 0 rings (SSSR count). The maximum atomic E-state index is 3.95. The minimum absolute atomic E-state index is 0.730. The van der Waals surface area contributed by atoms with E-state index in [0.717, 1.165) is 18.9 Å². The van der Waals surface area contributed by atoms with Crippen molar-refractivity contribution in [1.82, 2.24) is 4.90 Å². The van der Waals surface area contributed by atoms with Gasteiger partial charge in [-0.1, -0.05) is 27.4 Å². The summed E-state index contributed by atoms with van der Waals surface area (Å²) < 4.78 is 0. The Balaban J connectivity index is 3.61. The van der Waals surface area contributed by atoms with Crippen LogP contribution in [0, 0.1) is 5.92 Å². The molecule has 0 fully saturated rings. The maximum Gasteiger partial charge on any atom is 0.0194 e. The summed E-state index contributed by atoms with van der Waals surface area (Å²) in [6.45, 7) is 11.7. The van der Waals surface area contributed by atoms with Crippen molar-refractivity contribution in [3.8, 4) is 0 Å². The molecule has 0 bridgehead atoms. The Labute approximate surface area is 64.7 Å². The second-order valence-corrected chi connectivity index (χ2v) is 3.19. The molecule has 0 spiro atoms. The Morgan fingerprint density at radius 1 is 1.50 bits per heavy atom. The highest BCUT2D eigenvalue weighted by Crippen LogP contribution is 2.05. The molecule has 0 aliphatic rings. The molecule has 0 radical (unpaired) electrons. The molecular weight excluding hydrogens is 122 g/mol. The third kappa shape index (κ3) is 3.54. The fourth-order valence-corrected chi connectivity index (χ4v) is 0.947. The molecule has 1 nitrogen and oxygen atoms in total. The fourth-order valence-electron chi connectivity index (χ4n) is 0.947. The van der Waals surface area contributed by atoms with Crippen LogP contribution in [-0.4, -0.2) is 18.5 Å². The van der Waals surface area contributed by atoms with Crippen molar-refractivity contribution in [2.24, 2.45) is 5.92 Å². The second-order valence-electron chi connectivity index (χ2n) is 3.19. The standard InChI is InChI=1S/C9H19N/c1-6-9(4)10(5)7-8(2)3/h8H,4,6-7H2,1-3,5H3. The van der Waals surface area contributed by atoms with Gasteiger partial charge in [0.1, 0.15) is 0 Å². The van der Waals surface area contributed by atoms with E-state index in [1.807, 2.05) is 0 Å². The first-order valence-electron chi connectivity index (χ1n) is 3.96. The van der Waals surface area contributed by atoms with Gasteiger partial charge >= 0.3 is 0 Å². The molecule has 60 valence electrons. The van der Waals surface area contributed by atoms with Crippen molar-refractivity contribution in [2.45, 2.75) is 27.2 Å². The Morgan fingerprint density at radius 2 is 2.00 bits per heavy atom. The fraction of sp³-hybridized carbons (Fsp3) is 0.778. The third-order valence-corrected chi connectivity index (χ3v) is 1.59. The third-order valence-electron chi connectivity index (χ3n) is 1.59. The maximum absolute atomic E-state index is 3.95. The summed E-state index contributed by atoms with van der Waals surface area (Å²) in [5.41, 5.74) is 1.23. The van der Waals surface area contributed by atoms with E-state index in [-0.39, 0.29) is 0 Å². The summed E-state index contributed by atoms with van der Waals surface area (Å²) in [5.74, 6) is 0.730. The van der Waals surface area contributed by atoms with Crippen molar-refractivity contribution in [3.63, 3.8) is 0 Å². The summed E-state index contributed by atoms with van der Waals surface area (Å²) >= 11 is 0. The number of nitrogens with zero attached hydrogens (tertiary/aromatic N) is 1. The Kier molecular flexibility index (Phi) is 4.17. The normalized spacial score (nSPS) is 10.1. The van der Waals surface area contributed by atoms with Crippen LogP contribution >= 0.6 is 0 Å². The lowest BCUT2D eigenvalue weighted by atomic mass is 10.2. The Hall–Kier alpha value is -0.460. The molecule has 0 aromatic carbocycles. The van der Waals surface area contributed by atoms with Gasteiger partial charge in [0, 0.05) is 19.3 Å². The minimum atomic E-state index is 0.730. The molecule has 0 saturated carbocycles. The smallest absolute Gasteiger partial charge is 0.0194 e. The zero-order chi connectivity index (χ0) is 8.15. The van der Waals surface area contributed by atoms with E-state index in [1.54, 1.807) is 0 Å². The molecule has 0 aromatic heterocycles. The summed E-state index contributed by atoms with van der Waals surface area (Å²) in [6.07, 6.45) is 1.06. The predicted octanol–water partition coefficient (Wildman–Crippen LogP) is 2.50.